The normalized spacial score (nSPS) is 11.4. The van der Waals surface area contributed by atoms with E-state index >= 15 is 0 Å². The van der Waals surface area contributed by atoms with Crippen molar-refractivity contribution in [1.29, 1.82) is 0 Å². The molecule has 1 rings (SSSR count). The van der Waals surface area contributed by atoms with Gasteiger partial charge in [0.25, 0.3) is 0 Å². The van der Waals surface area contributed by atoms with E-state index in [1.54, 1.807) is 0 Å². The molecule has 1 nitrogen and oxygen atoms in total. The van der Waals surface area contributed by atoms with Gasteiger partial charge in [-0.1, -0.05) is 12.5 Å². The van der Waals surface area contributed by atoms with Gasteiger partial charge < -0.3 is 5.32 Å². The fourth-order valence-corrected chi connectivity index (χ4v) is 1.65. The lowest BCUT2D eigenvalue weighted by atomic mass is 10.1. The molecule has 0 bridgehead atoms. The fraction of sp³-hybridized carbons (Fsp3) is 0.429. The molecular weight excluding hydrogens is 258 g/mol. The van der Waals surface area contributed by atoms with Crippen molar-refractivity contribution in [3.63, 3.8) is 0 Å². The number of nitrogens with one attached hydrogen (secondary N) is 1. The highest BCUT2D eigenvalue weighted by atomic mass is 19.4. The van der Waals surface area contributed by atoms with Crippen molar-refractivity contribution in [2.75, 3.05) is 11.9 Å². The number of anilines is 1. The molecule has 5 heteroatoms. The summed E-state index contributed by atoms with van der Waals surface area (Å²) in [5, 5.41) is 2.70. The van der Waals surface area contributed by atoms with Gasteiger partial charge in [0.1, 0.15) is 5.82 Å². The highest BCUT2D eigenvalue weighted by Gasteiger charge is 2.31. The SMILES string of the molecule is C=CCCCCCNc1cc(C(F)(F)F)ccc1F. The minimum Gasteiger partial charge on any atom is -0.383 e. The van der Waals surface area contributed by atoms with Crippen LogP contribution in [0.2, 0.25) is 0 Å². The van der Waals surface area contributed by atoms with Crippen molar-refractivity contribution < 1.29 is 17.6 Å². The summed E-state index contributed by atoms with van der Waals surface area (Å²) in [7, 11) is 0. The molecule has 0 spiro atoms. The number of hydrogen-bond acceptors (Lipinski definition) is 1. The quantitative estimate of drug-likeness (QED) is 0.419. The Bertz CT molecular complexity index is 412. The van der Waals surface area contributed by atoms with E-state index in [-0.39, 0.29) is 5.69 Å². The molecule has 1 aromatic carbocycles. The van der Waals surface area contributed by atoms with Gasteiger partial charge in [0.2, 0.25) is 0 Å². The first-order valence-electron chi connectivity index (χ1n) is 6.16. The molecule has 0 aliphatic carbocycles. The zero-order valence-corrected chi connectivity index (χ0v) is 10.6. The Labute approximate surface area is 110 Å². The lowest BCUT2D eigenvalue weighted by Gasteiger charge is -2.11. The van der Waals surface area contributed by atoms with Gasteiger partial charge in [-0.3, -0.25) is 0 Å². The molecule has 0 atom stereocenters. The van der Waals surface area contributed by atoms with Gasteiger partial charge in [-0.2, -0.15) is 13.2 Å². The maximum absolute atomic E-state index is 13.3. The second kappa shape index (κ2) is 7.16. The lowest BCUT2D eigenvalue weighted by Crippen LogP contribution is -2.08. The molecule has 19 heavy (non-hydrogen) atoms. The van der Waals surface area contributed by atoms with Crippen LogP contribution in [0.25, 0.3) is 0 Å². The van der Waals surface area contributed by atoms with Crippen molar-refractivity contribution in [1.82, 2.24) is 0 Å². The fourth-order valence-electron chi connectivity index (χ4n) is 1.65. The van der Waals surface area contributed by atoms with E-state index in [9.17, 15) is 17.6 Å². The standard InChI is InChI=1S/C14H17F4N/c1-2-3-4-5-6-9-19-13-10-11(14(16,17)18)7-8-12(13)15/h2,7-8,10,19H,1,3-6,9H2. The molecule has 106 valence electrons. The summed E-state index contributed by atoms with van der Waals surface area (Å²) in [6, 6.07) is 2.38. The van der Waals surface area contributed by atoms with Gasteiger partial charge in [0.05, 0.1) is 11.3 Å². The molecule has 0 amide bonds. The van der Waals surface area contributed by atoms with Gasteiger partial charge in [-0.25, -0.2) is 4.39 Å². The van der Waals surface area contributed by atoms with Gasteiger partial charge in [-0.05, 0) is 37.5 Å². The highest BCUT2D eigenvalue weighted by Crippen LogP contribution is 2.31. The summed E-state index contributed by atoms with van der Waals surface area (Å²) in [5.41, 5.74) is -0.943. The molecule has 0 aromatic heterocycles. The zero-order valence-electron chi connectivity index (χ0n) is 10.6. The molecule has 0 saturated heterocycles. The van der Waals surface area contributed by atoms with E-state index in [0.717, 1.165) is 43.9 Å². The summed E-state index contributed by atoms with van der Waals surface area (Å²) >= 11 is 0. The van der Waals surface area contributed by atoms with Gasteiger partial charge in [-0.15, -0.1) is 6.58 Å². The minimum atomic E-state index is -4.45. The van der Waals surface area contributed by atoms with Gasteiger partial charge in [0, 0.05) is 6.54 Å². The van der Waals surface area contributed by atoms with Crippen molar-refractivity contribution >= 4 is 5.69 Å². The van der Waals surface area contributed by atoms with Crippen LogP contribution in [0, 0.1) is 5.82 Å². The molecule has 0 unspecified atom stereocenters. The third-order valence-electron chi connectivity index (χ3n) is 2.69. The van der Waals surface area contributed by atoms with Crippen molar-refractivity contribution in [3.05, 3.63) is 42.2 Å². The number of halogens is 4. The van der Waals surface area contributed by atoms with Crippen molar-refractivity contribution in [2.24, 2.45) is 0 Å². The Balaban J connectivity index is 2.51. The second-order valence-electron chi connectivity index (χ2n) is 4.26. The van der Waals surface area contributed by atoms with E-state index in [0.29, 0.717) is 6.54 Å². The van der Waals surface area contributed by atoms with Crippen LogP contribution >= 0.6 is 0 Å². The van der Waals surface area contributed by atoms with Crippen molar-refractivity contribution in [2.45, 2.75) is 31.9 Å². The van der Waals surface area contributed by atoms with Crippen LogP contribution in [0.5, 0.6) is 0 Å². The van der Waals surface area contributed by atoms with E-state index in [2.05, 4.69) is 11.9 Å². The summed E-state index contributed by atoms with van der Waals surface area (Å²) in [6.07, 6.45) is 0.977. The van der Waals surface area contributed by atoms with Gasteiger partial charge in [0.15, 0.2) is 0 Å². The topological polar surface area (TPSA) is 12.0 Å². The van der Waals surface area contributed by atoms with E-state index < -0.39 is 17.6 Å². The molecule has 1 N–H and O–H groups in total. The van der Waals surface area contributed by atoms with Crippen LogP contribution in [0.1, 0.15) is 31.2 Å². The molecule has 0 radical (unpaired) electrons. The third-order valence-corrected chi connectivity index (χ3v) is 2.69. The number of alkyl halides is 3. The zero-order chi connectivity index (χ0) is 14.3. The Morgan fingerprint density at radius 2 is 1.89 bits per heavy atom. The van der Waals surface area contributed by atoms with E-state index in [1.165, 1.54) is 0 Å². The predicted octanol–water partition coefficient (Wildman–Crippen LogP) is 5.00. The summed E-state index contributed by atoms with van der Waals surface area (Å²) in [5.74, 6) is -0.668. The van der Waals surface area contributed by atoms with Crippen LogP contribution in [0.4, 0.5) is 23.2 Å². The third kappa shape index (κ3) is 5.32. The summed E-state index contributed by atoms with van der Waals surface area (Å²) < 4.78 is 50.7. The van der Waals surface area contributed by atoms with Crippen LogP contribution in [-0.2, 0) is 6.18 Å². The summed E-state index contributed by atoms with van der Waals surface area (Å²) in [6.45, 7) is 4.05. The molecule has 0 fully saturated rings. The summed E-state index contributed by atoms with van der Waals surface area (Å²) in [4.78, 5) is 0. The molecule has 0 aliphatic rings. The maximum Gasteiger partial charge on any atom is 0.416 e. The smallest absolute Gasteiger partial charge is 0.383 e. The monoisotopic (exact) mass is 275 g/mol. The molecular formula is C14H17F4N. The average molecular weight is 275 g/mol. The lowest BCUT2D eigenvalue weighted by molar-refractivity contribution is -0.137. The number of allylic oxidation sites excluding steroid dienone is 1. The Morgan fingerprint density at radius 3 is 2.53 bits per heavy atom. The first-order chi connectivity index (χ1) is 8.95. The molecule has 1 aromatic rings. The average Bonchev–Trinajstić information content (AvgIpc) is 2.34. The Morgan fingerprint density at radius 1 is 1.16 bits per heavy atom. The molecule has 0 saturated carbocycles. The number of hydrogen-bond donors (Lipinski definition) is 1. The largest absolute Gasteiger partial charge is 0.416 e. The second-order valence-corrected chi connectivity index (χ2v) is 4.26. The Kier molecular flexibility index (Phi) is 5.86. The van der Waals surface area contributed by atoms with Crippen LogP contribution < -0.4 is 5.32 Å². The highest BCUT2D eigenvalue weighted by molar-refractivity contribution is 5.47. The van der Waals surface area contributed by atoms with E-state index in [4.69, 9.17) is 0 Å². The van der Waals surface area contributed by atoms with Crippen LogP contribution in [0.15, 0.2) is 30.9 Å². The first-order valence-corrected chi connectivity index (χ1v) is 6.16. The minimum absolute atomic E-state index is 0.0986. The number of unbranched alkanes of at least 4 members (excludes halogenated alkanes) is 3. The van der Waals surface area contributed by atoms with E-state index in [1.807, 2.05) is 6.08 Å². The van der Waals surface area contributed by atoms with Crippen LogP contribution in [-0.4, -0.2) is 6.54 Å². The van der Waals surface area contributed by atoms with Crippen LogP contribution in [0.3, 0.4) is 0 Å². The first kappa shape index (κ1) is 15.5. The number of benzene rings is 1. The van der Waals surface area contributed by atoms with Gasteiger partial charge >= 0.3 is 6.18 Å². The predicted molar refractivity (Wildman–Crippen MR) is 68.6 cm³/mol. The van der Waals surface area contributed by atoms with Crippen molar-refractivity contribution in [3.8, 4) is 0 Å². The molecule has 0 heterocycles. The number of rotatable bonds is 7. The maximum atomic E-state index is 13.3. The molecule has 0 aliphatic heterocycles. The Hall–Kier alpha value is -1.52.